The lowest BCUT2D eigenvalue weighted by Crippen LogP contribution is -2.55. The van der Waals surface area contributed by atoms with Gasteiger partial charge in [0.05, 0.1) is 11.5 Å². The van der Waals surface area contributed by atoms with Crippen LogP contribution in [-0.4, -0.2) is 28.1 Å². The first-order chi connectivity index (χ1) is 9.70. The van der Waals surface area contributed by atoms with Crippen LogP contribution in [-0.2, 0) is 9.59 Å². The summed E-state index contributed by atoms with van der Waals surface area (Å²) < 4.78 is 0. The van der Waals surface area contributed by atoms with Crippen LogP contribution in [0.4, 0.5) is 0 Å². The predicted molar refractivity (Wildman–Crippen MR) is 79.7 cm³/mol. The Morgan fingerprint density at radius 1 is 1.19 bits per heavy atom. The van der Waals surface area contributed by atoms with Crippen LogP contribution < -0.4 is 0 Å². The van der Waals surface area contributed by atoms with Crippen LogP contribution in [0.15, 0.2) is 12.2 Å². The molecular formula is C17H26O4. The summed E-state index contributed by atoms with van der Waals surface area (Å²) in [4.78, 5) is 23.0. The maximum atomic E-state index is 11.8. The van der Waals surface area contributed by atoms with Crippen molar-refractivity contribution in [2.24, 2.45) is 22.7 Å². The van der Waals surface area contributed by atoms with Crippen LogP contribution >= 0.6 is 0 Å². The average molecular weight is 294 g/mol. The first-order valence-electron chi connectivity index (χ1n) is 7.80. The van der Waals surface area contributed by atoms with E-state index in [1.54, 1.807) is 6.08 Å². The Kier molecular flexibility index (Phi) is 4.29. The highest BCUT2D eigenvalue weighted by Crippen LogP contribution is 2.60. The summed E-state index contributed by atoms with van der Waals surface area (Å²) in [5.74, 6) is -0.760. The lowest BCUT2D eigenvalue weighted by molar-refractivity contribution is -0.169. The topological polar surface area (TPSA) is 74.6 Å². The predicted octanol–water partition coefficient (Wildman–Crippen LogP) is 2.80. The minimum Gasteiger partial charge on any atom is -0.481 e. The lowest BCUT2D eigenvalue weighted by atomic mass is 9.47. The zero-order valence-electron chi connectivity index (χ0n) is 13.1. The fourth-order valence-electron chi connectivity index (χ4n) is 4.62. The van der Waals surface area contributed by atoms with E-state index < -0.39 is 17.5 Å². The molecular weight excluding hydrogens is 268 g/mol. The Balaban J connectivity index is 2.39. The first-order valence-corrected chi connectivity index (χ1v) is 7.80. The fourth-order valence-corrected chi connectivity index (χ4v) is 4.62. The summed E-state index contributed by atoms with van der Waals surface area (Å²) in [6.07, 6.45) is 6.65. The minimum absolute atomic E-state index is 0.00739. The van der Waals surface area contributed by atoms with Gasteiger partial charge in [-0.3, -0.25) is 9.59 Å². The number of hydrogen-bond donors (Lipinski definition) is 2. The lowest BCUT2D eigenvalue weighted by Gasteiger charge is -2.57. The van der Waals surface area contributed by atoms with E-state index in [0.29, 0.717) is 19.3 Å². The molecule has 2 N–H and O–H groups in total. The van der Waals surface area contributed by atoms with Crippen molar-refractivity contribution < 1.29 is 19.8 Å². The van der Waals surface area contributed by atoms with Crippen molar-refractivity contribution in [3.8, 4) is 0 Å². The van der Waals surface area contributed by atoms with Gasteiger partial charge >= 0.3 is 5.97 Å². The molecule has 21 heavy (non-hydrogen) atoms. The molecule has 5 atom stereocenters. The Morgan fingerprint density at radius 3 is 2.43 bits per heavy atom. The zero-order chi connectivity index (χ0) is 15.8. The maximum absolute atomic E-state index is 11.8. The van der Waals surface area contributed by atoms with Crippen molar-refractivity contribution in [1.82, 2.24) is 0 Å². The van der Waals surface area contributed by atoms with Crippen molar-refractivity contribution in [3.05, 3.63) is 12.2 Å². The molecule has 4 heteroatoms. The van der Waals surface area contributed by atoms with Gasteiger partial charge in [0.15, 0.2) is 5.78 Å². The minimum atomic E-state index is -0.781. The van der Waals surface area contributed by atoms with E-state index in [2.05, 4.69) is 6.92 Å². The summed E-state index contributed by atoms with van der Waals surface area (Å²) in [6.45, 7) is 5.47. The van der Waals surface area contributed by atoms with Crippen LogP contribution in [0.3, 0.4) is 0 Å². The van der Waals surface area contributed by atoms with E-state index in [1.807, 2.05) is 13.0 Å². The second kappa shape index (κ2) is 5.56. The molecule has 118 valence electrons. The highest BCUT2D eigenvalue weighted by Gasteiger charge is 2.57. The number of aliphatic hydroxyl groups is 1. The second-order valence-electron chi connectivity index (χ2n) is 7.34. The molecule has 0 heterocycles. The van der Waals surface area contributed by atoms with E-state index in [9.17, 15) is 19.8 Å². The van der Waals surface area contributed by atoms with Gasteiger partial charge in [-0.05, 0) is 62.9 Å². The number of carbonyl (C=O) groups excluding carboxylic acids is 1. The molecule has 0 saturated heterocycles. The standard InChI is InChI=1S/C17H26O4/c1-11(18)5-6-12-9-13(19)10-14-16(12,2)7-4-8-17(14,3)15(20)21/h5-6,12-14,19H,4,7-10H2,1-3H3,(H,20,21)/b6-5+/t12-,13?,14?,16+,17-/m0/s1. The van der Waals surface area contributed by atoms with Crippen molar-refractivity contribution in [2.75, 3.05) is 0 Å². The number of ketones is 1. The molecule has 4 nitrogen and oxygen atoms in total. The Morgan fingerprint density at radius 2 is 1.86 bits per heavy atom. The number of allylic oxidation sites excluding steroid dienone is 2. The van der Waals surface area contributed by atoms with Gasteiger partial charge in [-0.1, -0.05) is 19.4 Å². The van der Waals surface area contributed by atoms with Crippen molar-refractivity contribution in [3.63, 3.8) is 0 Å². The van der Waals surface area contributed by atoms with Crippen LogP contribution in [0.1, 0.15) is 52.9 Å². The largest absolute Gasteiger partial charge is 0.481 e. The highest BCUT2D eigenvalue weighted by molar-refractivity contribution is 5.87. The Bertz CT molecular complexity index is 469. The summed E-state index contributed by atoms with van der Waals surface area (Å²) in [6, 6.07) is 0. The van der Waals surface area contributed by atoms with Gasteiger partial charge in [0.25, 0.3) is 0 Å². The molecule has 0 amide bonds. The highest BCUT2D eigenvalue weighted by atomic mass is 16.4. The van der Waals surface area contributed by atoms with Crippen LogP contribution in [0.2, 0.25) is 0 Å². The molecule has 2 saturated carbocycles. The zero-order valence-corrected chi connectivity index (χ0v) is 13.1. The molecule has 0 radical (unpaired) electrons. The molecule has 2 aliphatic rings. The SMILES string of the molecule is CC(=O)/C=C/[C@H]1CC(O)CC2[C@]1(C)CCC[C@]2(C)C(=O)O. The first kappa shape index (κ1) is 16.2. The third-order valence-electron chi connectivity index (χ3n) is 5.91. The van der Waals surface area contributed by atoms with Crippen molar-refractivity contribution >= 4 is 11.8 Å². The normalized spacial score (nSPS) is 43.5. The second-order valence-corrected chi connectivity index (χ2v) is 7.34. The number of carbonyl (C=O) groups is 2. The van der Waals surface area contributed by atoms with E-state index in [4.69, 9.17) is 0 Å². The molecule has 2 unspecified atom stereocenters. The summed E-state index contributed by atoms with van der Waals surface area (Å²) in [7, 11) is 0. The quantitative estimate of drug-likeness (QED) is 0.785. The van der Waals surface area contributed by atoms with Crippen LogP contribution in [0.5, 0.6) is 0 Å². The molecule has 0 bridgehead atoms. The molecule has 2 rings (SSSR count). The molecule has 2 fully saturated rings. The van der Waals surface area contributed by atoms with Crippen molar-refractivity contribution in [2.45, 2.75) is 59.0 Å². The summed E-state index contributed by atoms with van der Waals surface area (Å²) in [5, 5.41) is 19.9. The van der Waals surface area contributed by atoms with Gasteiger partial charge in [0.2, 0.25) is 0 Å². The number of fused-ring (bicyclic) bond motifs is 1. The number of hydrogen-bond acceptors (Lipinski definition) is 3. The number of aliphatic carboxylic acids is 1. The van der Waals surface area contributed by atoms with Crippen molar-refractivity contribution in [1.29, 1.82) is 0 Å². The molecule has 0 spiro atoms. The number of carboxylic acids is 1. The maximum Gasteiger partial charge on any atom is 0.309 e. The number of rotatable bonds is 3. The summed E-state index contributed by atoms with van der Waals surface area (Å²) >= 11 is 0. The molecule has 0 aromatic heterocycles. The molecule has 0 aromatic carbocycles. The van der Waals surface area contributed by atoms with Gasteiger partial charge in [0, 0.05) is 0 Å². The van der Waals surface area contributed by atoms with Crippen LogP contribution in [0.25, 0.3) is 0 Å². The van der Waals surface area contributed by atoms with E-state index in [-0.39, 0.29) is 23.0 Å². The van der Waals surface area contributed by atoms with E-state index in [1.165, 1.54) is 6.92 Å². The third kappa shape index (κ3) is 2.78. The average Bonchev–Trinajstić information content (AvgIpc) is 2.38. The van der Waals surface area contributed by atoms with Gasteiger partial charge in [-0.15, -0.1) is 0 Å². The van der Waals surface area contributed by atoms with E-state index >= 15 is 0 Å². The van der Waals surface area contributed by atoms with Crippen LogP contribution in [0, 0.1) is 22.7 Å². The fraction of sp³-hybridized carbons (Fsp3) is 0.765. The van der Waals surface area contributed by atoms with Gasteiger partial charge in [-0.25, -0.2) is 0 Å². The number of carboxylic acid groups (broad SMARTS) is 1. The Labute approximate surface area is 126 Å². The Hall–Kier alpha value is -1.16. The number of aliphatic hydroxyl groups excluding tert-OH is 1. The third-order valence-corrected chi connectivity index (χ3v) is 5.91. The van der Waals surface area contributed by atoms with Gasteiger partial charge < -0.3 is 10.2 Å². The smallest absolute Gasteiger partial charge is 0.309 e. The van der Waals surface area contributed by atoms with Gasteiger partial charge in [-0.2, -0.15) is 0 Å². The molecule has 2 aliphatic carbocycles. The monoisotopic (exact) mass is 294 g/mol. The van der Waals surface area contributed by atoms with Gasteiger partial charge in [0.1, 0.15) is 0 Å². The molecule has 0 aliphatic heterocycles. The summed E-state index contributed by atoms with van der Waals surface area (Å²) in [5.41, 5.74) is -0.937. The van der Waals surface area contributed by atoms with E-state index in [0.717, 1.165) is 12.8 Å². The molecule has 0 aromatic rings.